The summed E-state index contributed by atoms with van der Waals surface area (Å²) in [6.07, 6.45) is 6.44. The first-order valence-electron chi connectivity index (χ1n) is 13.1. The van der Waals surface area contributed by atoms with Crippen molar-refractivity contribution in [2.45, 2.75) is 39.5 Å². The Morgan fingerprint density at radius 3 is 1.92 bits per heavy atom. The first-order chi connectivity index (χ1) is 18.1. The highest BCUT2D eigenvalue weighted by molar-refractivity contribution is 5.80. The highest BCUT2D eigenvalue weighted by Gasteiger charge is 2.21. The summed E-state index contributed by atoms with van der Waals surface area (Å²) in [5.74, 6) is 3.59. The third-order valence-electron chi connectivity index (χ3n) is 6.75. The highest BCUT2D eigenvalue weighted by Crippen LogP contribution is 2.23. The number of hydrogen-bond donors (Lipinski definition) is 1. The van der Waals surface area contributed by atoms with E-state index in [2.05, 4.69) is 56.3 Å². The molecule has 0 radical (unpaired) electrons. The molecule has 0 bridgehead atoms. The summed E-state index contributed by atoms with van der Waals surface area (Å²) in [5, 5.41) is 4.37. The van der Waals surface area contributed by atoms with Crippen molar-refractivity contribution >= 4 is 24.1 Å². The lowest BCUT2D eigenvalue weighted by molar-refractivity contribution is 0.217. The average molecular weight is 502 g/mol. The zero-order valence-electron chi connectivity index (χ0n) is 21.7. The van der Waals surface area contributed by atoms with Crippen LogP contribution in [-0.2, 0) is 0 Å². The minimum Gasteiger partial charge on any atom is -0.490 e. The third kappa shape index (κ3) is 6.67. The Kier molecular flexibility index (Phi) is 7.98. The summed E-state index contributed by atoms with van der Waals surface area (Å²) < 4.78 is 11.6. The topological polar surface area (TPSA) is 88.0 Å². The molecule has 37 heavy (non-hydrogen) atoms. The second kappa shape index (κ2) is 11.9. The van der Waals surface area contributed by atoms with Gasteiger partial charge in [0, 0.05) is 26.2 Å². The van der Waals surface area contributed by atoms with Gasteiger partial charge in [0.15, 0.2) is 0 Å². The summed E-state index contributed by atoms with van der Waals surface area (Å²) in [6.45, 7) is 9.07. The van der Waals surface area contributed by atoms with E-state index in [1.807, 2.05) is 30.3 Å². The van der Waals surface area contributed by atoms with E-state index >= 15 is 0 Å². The van der Waals surface area contributed by atoms with Crippen molar-refractivity contribution in [1.29, 1.82) is 0 Å². The average Bonchev–Trinajstić information content (AvgIpc) is 3.65. The minimum atomic E-state index is 0.471. The van der Waals surface area contributed by atoms with Crippen LogP contribution < -0.4 is 24.7 Å². The second-order valence-electron chi connectivity index (χ2n) is 9.53. The van der Waals surface area contributed by atoms with Crippen molar-refractivity contribution < 1.29 is 9.47 Å². The van der Waals surface area contributed by atoms with Gasteiger partial charge in [-0.15, -0.1) is 0 Å². The number of aromatic nitrogens is 3. The van der Waals surface area contributed by atoms with E-state index < -0.39 is 0 Å². The Morgan fingerprint density at radius 1 is 0.757 bits per heavy atom. The van der Waals surface area contributed by atoms with E-state index in [1.165, 1.54) is 36.8 Å². The molecule has 5 rings (SSSR count). The van der Waals surface area contributed by atoms with Gasteiger partial charge in [0.1, 0.15) is 24.7 Å². The van der Waals surface area contributed by atoms with Crippen molar-refractivity contribution in [2.24, 2.45) is 5.10 Å². The largest absolute Gasteiger partial charge is 0.490 e. The van der Waals surface area contributed by atoms with Gasteiger partial charge in [0.05, 0.1) is 6.21 Å². The van der Waals surface area contributed by atoms with Crippen LogP contribution in [0.15, 0.2) is 47.6 Å². The Morgan fingerprint density at radius 2 is 1.32 bits per heavy atom. The van der Waals surface area contributed by atoms with Gasteiger partial charge < -0.3 is 19.3 Å². The number of ether oxygens (including phenoxy) is 2. The molecule has 2 aliphatic heterocycles. The zero-order valence-corrected chi connectivity index (χ0v) is 21.7. The summed E-state index contributed by atoms with van der Waals surface area (Å²) in [4.78, 5) is 18.4. The normalized spacial score (nSPS) is 15.5. The number of rotatable bonds is 10. The molecule has 1 N–H and O–H groups in total. The summed E-state index contributed by atoms with van der Waals surface area (Å²) >= 11 is 0. The Bertz CT molecular complexity index is 1170. The van der Waals surface area contributed by atoms with E-state index in [4.69, 9.17) is 14.5 Å². The van der Waals surface area contributed by atoms with Gasteiger partial charge in [-0.2, -0.15) is 20.1 Å². The Labute approximate surface area is 218 Å². The van der Waals surface area contributed by atoms with Crippen molar-refractivity contribution in [3.63, 3.8) is 0 Å². The lowest BCUT2D eigenvalue weighted by atomic mass is 10.1. The molecule has 0 saturated carbocycles. The number of anilines is 3. The van der Waals surface area contributed by atoms with E-state index in [-0.39, 0.29) is 0 Å². The van der Waals surface area contributed by atoms with Crippen molar-refractivity contribution in [3.05, 3.63) is 59.2 Å². The molecule has 2 aromatic carbocycles. The molecule has 2 aliphatic rings. The highest BCUT2D eigenvalue weighted by atomic mass is 16.5. The molecular formula is C28H35N7O2. The Hall–Kier alpha value is -3.88. The maximum absolute atomic E-state index is 5.81. The maximum atomic E-state index is 5.81. The molecule has 0 atom stereocenters. The number of hydrogen-bond acceptors (Lipinski definition) is 9. The molecule has 3 aromatic rings. The standard InChI is InChI=1S/C28H35N7O2/c1-21-7-10-25(19-22(21)2)37-18-17-36-24-11-8-23(9-12-24)20-29-33-26-30-27(34-13-3-4-14-34)32-28(31-26)35-15-5-6-16-35/h7-12,19-20H,3-6,13-18H2,1-2H3,(H,30,31,32,33). The van der Waals surface area contributed by atoms with Crippen molar-refractivity contribution in [1.82, 2.24) is 15.0 Å². The number of hydrazone groups is 1. The van der Waals surface area contributed by atoms with Crippen molar-refractivity contribution in [3.8, 4) is 11.5 Å². The van der Waals surface area contributed by atoms with Crippen LogP contribution in [0.3, 0.4) is 0 Å². The van der Waals surface area contributed by atoms with E-state index in [1.54, 1.807) is 6.21 Å². The quantitative estimate of drug-likeness (QED) is 0.245. The Balaban J connectivity index is 1.14. The summed E-state index contributed by atoms with van der Waals surface area (Å²) in [5.41, 5.74) is 6.43. The van der Waals surface area contributed by atoms with Crippen LogP contribution in [0.5, 0.6) is 11.5 Å². The third-order valence-corrected chi connectivity index (χ3v) is 6.75. The van der Waals surface area contributed by atoms with Gasteiger partial charge in [-0.25, -0.2) is 5.43 Å². The second-order valence-corrected chi connectivity index (χ2v) is 9.53. The fourth-order valence-electron chi connectivity index (χ4n) is 4.46. The molecule has 3 heterocycles. The van der Waals surface area contributed by atoms with Crippen molar-refractivity contribution in [2.75, 3.05) is 54.6 Å². The number of aryl methyl sites for hydroxylation is 2. The molecule has 0 aliphatic carbocycles. The molecule has 0 spiro atoms. The number of nitrogens with one attached hydrogen (secondary N) is 1. The monoisotopic (exact) mass is 501 g/mol. The van der Waals surface area contributed by atoms with Gasteiger partial charge in [-0.05, 0) is 92.6 Å². The SMILES string of the molecule is Cc1ccc(OCCOc2ccc(C=NNc3nc(N4CCCC4)nc(N4CCCC4)n3)cc2)cc1C. The molecular weight excluding hydrogens is 466 g/mol. The van der Waals surface area contributed by atoms with Gasteiger partial charge >= 0.3 is 0 Å². The predicted molar refractivity (Wildman–Crippen MR) is 147 cm³/mol. The minimum absolute atomic E-state index is 0.471. The van der Waals surface area contributed by atoms with E-state index in [0.717, 1.165) is 55.1 Å². The fourth-order valence-corrected chi connectivity index (χ4v) is 4.46. The first-order valence-corrected chi connectivity index (χ1v) is 13.1. The molecule has 9 nitrogen and oxygen atoms in total. The van der Waals surface area contributed by atoms with Gasteiger partial charge in [-0.1, -0.05) is 6.07 Å². The molecule has 2 fully saturated rings. The van der Waals surface area contributed by atoms with Gasteiger partial charge in [0.2, 0.25) is 17.8 Å². The number of benzene rings is 2. The van der Waals surface area contributed by atoms with Crippen LogP contribution >= 0.6 is 0 Å². The van der Waals surface area contributed by atoms with Crippen LogP contribution in [0.1, 0.15) is 42.4 Å². The van der Waals surface area contributed by atoms with E-state index in [0.29, 0.717) is 19.2 Å². The van der Waals surface area contributed by atoms with Crippen LogP contribution in [0.25, 0.3) is 0 Å². The zero-order chi connectivity index (χ0) is 25.5. The van der Waals surface area contributed by atoms with Crippen LogP contribution in [0.2, 0.25) is 0 Å². The first kappa shape index (κ1) is 24.8. The molecule has 9 heteroatoms. The van der Waals surface area contributed by atoms with Gasteiger partial charge in [0.25, 0.3) is 0 Å². The summed E-state index contributed by atoms with van der Waals surface area (Å²) in [6, 6.07) is 13.9. The van der Waals surface area contributed by atoms with E-state index in [9.17, 15) is 0 Å². The lowest BCUT2D eigenvalue weighted by Gasteiger charge is -2.20. The maximum Gasteiger partial charge on any atom is 0.250 e. The summed E-state index contributed by atoms with van der Waals surface area (Å²) in [7, 11) is 0. The number of nitrogens with zero attached hydrogens (tertiary/aromatic N) is 6. The van der Waals surface area contributed by atoms with Gasteiger partial charge in [-0.3, -0.25) is 0 Å². The smallest absolute Gasteiger partial charge is 0.250 e. The molecule has 1 aromatic heterocycles. The lowest BCUT2D eigenvalue weighted by Crippen LogP contribution is -2.25. The van der Waals surface area contributed by atoms with Crippen LogP contribution in [-0.4, -0.2) is 60.6 Å². The van der Waals surface area contributed by atoms with Crippen LogP contribution in [0, 0.1) is 13.8 Å². The molecule has 2 saturated heterocycles. The predicted octanol–water partition coefficient (Wildman–Crippen LogP) is 4.59. The molecule has 0 amide bonds. The molecule has 194 valence electrons. The molecule has 0 unspecified atom stereocenters. The van der Waals surface area contributed by atoms with Crippen LogP contribution in [0.4, 0.5) is 17.8 Å². The fraction of sp³-hybridized carbons (Fsp3) is 0.429.